The predicted octanol–water partition coefficient (Wildman–Crippen LogP) is 3.12. The number of rotatable bonds is 1. The Morgan fingerprint density at radius 1 is 1.25 bits per heavy atom. The highest BCUT2D eigenvalue weighted by molar-refractivity contribution is 7.10. The van der Waals surface area contributed by atoms with Crippen LogP contribution in [0.2, 0.25) is 0 Å². The molecule has 0 aliphatic carbocycles. The van der Waals surface area contributed by atoms with Crippen LogP contribution in [-0.4, -0.2) is 4.98 Å². The van der Waals surface area contributed by atoms with Crippen LogP contribution in [-0.2, 0) is 0 Å². The summed E-state index contributed by atoms with van der Waals surface area (Å²) in [6, 6.07) is 8.10. The first-order valence-corrected chi connectivity index (χ1v) is 4.71. The van der Waals surface area contributed by atoms with E-state index in [1.165, 1.54) is 10.4 Å². The summed E-state index contributed by atoms with van der Waals surface area (Å²) in [4.78, 5) is 5.62. The van der Waals surface area contributed by atoms with E-state index in [0.717, 1.165) is 5.69 Å². The highest BCUT2D eigenvalue weighted by atomic mass is 32.1. The fourth-order valence-corrected chi connectivity index (χ4v) is 1.88. The molecule has 2 heteroatoms. The average molecular weight is 175 g/mol. The summed E-state index contributed by atoms with van der Waals surface area (Å²) in [7, 11) is 0. The summed E-state index contributed by atoms with van der Waals surface area (Å²) < 4.78 is 0. The number of aryl methyl sites for hydroxylation is 1. The van der Waals surface area contributed by atoms with E-state index in [-0.39, 0.29) is 0 Å². The fraction of sp³-hybridized carbons (Fsp3) is 0.100. The van der Waals surface area contributed by atoms with Crippen molar-refractivity contribution in [1.82, 2.24) is 4.98 Å². The lowest BCUT2D eigenvalue weighted by molar-refractivity contribution is 1.32. The van der Waals surface area contributed by atoms with Gasteiger partial charge in [-0.3, -0.25) is 4.98 Å². The molecule has 0 radical (unpaired) electrons. The van der Waals surface area contributed by atoms with Crippen molar-refractivity contribution in [3.05, 3.63) is 40.7 Å². The number of thiophene rings is 1. The zero-order valence-electron chi connectivity index (χ0n) is 6.82. The summed E-state index contributed by atoms with van der Waals surface area (Å²) in [5.74, 6) is 0. The molecule has 0 bridgehead atoms. The molecule has 0 fully saturated rings. The summed E-state index contributed by atoms with van der Waals surface area (Å²) in [5, 5.41) is 2.10. The van der Waals surface area contributed by atoms with Crippen LogP contribution >= 0.6 is 11.3 Å². The Labute approximate surface area is 75.7 Å². The second-order valence-corrected chi connectivity index (χ2v) is 3.73. The molecule has 0 amide bonds. The molecule has 2 rings (SSSR count). The van der Waals surface area contributed by atoms with Crippen molar-refractivity contribution in [2.75, 3.05) is 0 Å². The Balaban J connectivity index is 2.51. The molecule has 2 heterocycles. The maximum absolute atomic E-state index is 4.29. The van der Waals surface area contributed by atoms with Crippen LogP contribution in [0.1, 0.15) is 4.88 Å². The highest BCUT2D eigenvalue weighted by Crippen LogP contribution is 2.24. The molecule has 12 heavy (non-hydrogen) atoms. The number of aromatic nitrogens is 1. The van der Waals surface area contributed by atoms with Crippen LogP contribution in [0.25, 0.3) is 11.3 Å². The Morgan fingerprint density at radius 3 is 2.75 bits per heavy atom. The lowest BCUT2D eigenvalue weighted by Crippen LogP contribution is -1.79. The molecule has 0 atom stereocenters. The lowest BCUT2D eigenvalue weighted by atomic mass is 10.2. The Morgan fingerprint density at radius 2 is 2.17 bits per heavy atom. The van der Waals surface area contributed by atoms with E-state index in [1.54, 1.807) is 11.3 Å². The van der Waals surface area contributed by atoms with E-state index in [9.17, 15) is 0 Å². The average Bonchev–Trinajstić information content (AvgIpc) is 2.53. The SMILES string of the molecule is Cc1sccc1-c1ccccn1. The third kappa shape index (κ3) is 1.25. The van der Waals surface area contributed by atoms with Crippen molar-refractivity contribution in [1.29, 1.82) is 0 Å². The summed E-state index contributed by atoms with van der Waals surface area (Å²) in [5.41, 5.74) is 2.32. The quantitative estimate of drug-likeness (QED) is 0.649. The highest BCUT2D eigenvalue weighted by Gasteiger charge is 2.01. The Bertz CT molecular complexity index is 364. The standard InChI is InChI=1S/C10H9NS/c1-8-9(5-7-12-8)10-4-2-3-6-11-10/h2-7H,1H3. The van der Waals surface area contributed by atoms with Crippen LogP contribution in [0.5, 0.6) is 0 Å². The number of hydrogen-bond acceptors (Lipinski definition) is 2. The summed E-state index contributed by atoms with van der Waals surface area (Å²) in [6.07, 6.45) is 1.83. The topological polar surface area (TPSA) is 12.9 Å². The van der Waals surface area contributed by atoms with Gasteiger partial charge in [0.05, 0.1) is 5.69 Å². The minimum absolute atomic E-state index is 1.07. The van der Waals surface area contributed by atoms with Gasteiger partial charge in [0.1, 0.15) is 0 Å². The van der Waals surface area contributed by atoms with Crippen molar-refractivity contribution < 1.29 is 0 Å². The first kappa shape index (κ1) is 7.50. The minimum atomic E-state index is 1.07. The molecule has 60 valence electrons. The molecule has 0 aliphatic heterocycles. The smallest absolute Gasteiger partial charge is 0.0713 e. The van der Waals surface area contributed by atoms with Gasteiger partial charge in [-0.05, 0) is 30.5 Å². The third-order valence-corrected chi connectivity index (χ3v) is 2.65. The molecule has 0 saturated carbocycles. The third-order valence-electron chi connectivity index (χ3n) is 1.80. The molecule has 0 aliphatic rings. The van der Waals surface area contributed by atoms with E-state index in [4.69, 9.17) is 0 Å². The fourth-order valence-electron chi connectivity index (χ4n) is 1.17. The van der Waals surface area contributed by atoms with Crippen LogP contribution in [0.3, 0.4) is 0 Å². The number of hydrogen-bond donors (Lipinski definition) is 0. The maximum atomic E-state index is 4.29. The van der Waals surface area contributed by atoms with Gasteiger partial charge in [0.25, 0.3) is 0 Å². The van der Waals surface area contributed by atoms with Gasteiger partial charge in [0.2, 0.25) is 0 Å². The van der Waals surface area contributed by atoms with Gasteiger partial charge in [0, 0.05) is 16.6 Å². The van der Waals surface area contributed by atoms with Gasteiger partial charge in [-0.25, -0.2) is 0 Å². The van der Waals surface area contributed by atoms with E-state index in [2.05, 4.69) is 23.4 Å². The van der Waals surface area contributed by atoms with Gasteiger partial charge in [-0.1, -0.05) is 6.07 Å². The maximum Gasteiger partial charge on any atom is 0.0713 e. The first-order valence-electron chi connectivity index (χ1n) is 3.83. The van der Waals surface area contributed by atoms with Gasteiger partial charge in [0.15, 0.2) is 0 Å². The lowest BCUT2D eigenvalue weighted by Gasteiger charge is -1.96. The predicted molar refractivity (Wildman–Crippen MR) is 52.3 cm³/mol. The van der Waals surface area contributed by atoms with Crippen LogP contribution in [0, 0.1) is 6.92 Å². The van der Waals surface area contributed by atoms with Gasteiger partial charge in [-0.2, -0.15) is 0 Å². The zero-order valence-corrected chi connectivity index (χ0v) is 7.64. The summed E-state index contributed by atoms with van der Waals surface area (Å²) in [6.45, 7) is 2.12. The molecular formula is C10H9NS. The van der Waals surface area contributed by atoms with E-state index in [1.807, 2.05) is 24.4 Å². The number of pyridine rings is 1. The molecule has 1 nitrogen and oxygen atoms in total. The van der Waals surface area contributed by atoms with Crippen LogP contribution in [0.4, 0.5) is 0 Å². The van der Waals surface area contributed by atoms with Gasteiger partial charge < -0.3 is 0 Å². The molecular weight excluding hydrogens is 166 g/mol. The van der Waals surface area contributed by atoms with E-state index >= 15 is 0 Å². The number of nitrogens with zero attached hydrogens (tertiary/aromatic N) is 1. The van der Waals surface area contributed by atoms with Crippen molar-refractivity contribution in [3.63, 3.8) is 0 Å². The molecule has 0 saturated heterocycles. The van der Waals surface area contributed by atoms with Crippen molar-refractivity contribution in [2.45, 2.75) is 6.92 Å². The zero-order chi connectivity index (χ0) is 8.39. The van der Waals surface area contributed by atoms with Crippen molar-refractivity contribution in [3.8, 4) is 11.3 Å². The Kier molecular flexibility index (Phi) is 1.92. The first-order chi connectivity index (χ1) is 5.88. The normalized spacial score (nSPS) is 10.1. The largest absolute Gasteiger partial charge is 0.256 e. The van der Waals surface area contributed by atoms with E-state index in [0.29, 0.717) is 0 Å². The molecule has 2 aromatic rings. The second kappa shape index (κ2) is 3.07. The molecule has 0 N–H and O–H groups in total. The Hall–Kier alpha value is -1.15. The van der Waals surface area contributed by atoms with Crippen LogP contribution < -0.4 is 0 Å². The summed E-state index contributed by atoms with van der Waals surface area (Å²) >= 11 is 1.76. The van der Waals surface area contributed by atoms with Gasteiger partial charge >= 0.3 is 0 Å². The minimum Gasteiger partial charge on any atom is -0.256 e. The second-order valence-electron chi connectivity index (χ2n) is 2.61. The molecule has 0 unspecified atom stereocenters. The van der Waals surface area contributed by atoms with Gasteiger partial charge in [-0.15, -0.1) is 11.3 Å². The molecule has 0 spiro atoms. The van der Waals surface area contributed by atoms with Crippen LogP contribution in [0.15, 0.2) is 35.8 Å². The van der Waals surface area contributed by atoms with E-state index < -0.39 is 0 Å². The van der Waals surface area contributed by atoms with Crippen molar-refractivity contribution in [2.24, 2.45) is 0 Å². The van der Waals surface area contributed by atoms with Crippen molar-refractivity contribution >= 4 is 11.3 Å². The molecule has 0 aromatic carbocycles. The monoisotopic (exact) mass is 175 g/mol. The molecule has 2 aromatic heterocycles.